The van der Waals surface area contributed by atoms with Crippen molar-refractivity contribution in [2.75, 3.05) is 11.9 Å². The number of amides is 3. The number of rotatable bonds is 7. The number of hydrogen-bond acceptors (Lipinski definition) is 4. The number of hydrogen-bond donors (Lipinski definition) is 2. The molecule has 3 aromatic carbocycles. The number of ether oxygens (including phenoxy) is 1. The average molecular weight is 490 g/mol. The van der Waals surface area contributed by atoms with Crippen molar-refractivity contribution in [3.05, 3.63) is 77.9 Å². The summed E-state index contributed by atoms with van der Waals surface area (Å²) in [6.45, 7) is 10.6. The Morgan fingerprint density at radius 2 is 1.56 bits per heavy atom. The number of carbonyl (C=O) groups excluding carboxylic acids is 3. The summed E-state index contributed by atoms with van der Waals surface area (Å²) in [6, 6.07) is 19.9. The van der Waals surface area contributed by atoms with Gasteiger partial charge in [0, 0.05) is 11.7 Å². The van der Waals surface area contributed by atoms with Crippen LogP contribution in [0.1, 0.15) is 51.8 Å². The Kier molecular flexibility index (Phi) is 8.35. The quantitative estimate of drug-likeness (QED) is 0.453. The summed E-state index contributed by atoms with van der Waals surface area (Å²) in [4.78, 5) is 40.8. The minimum Gasteiger partial charge on any atom is -0.444 e. The van der Waals surface area contributed by atoms with Crippen molar-refractivity contribution in [1.29, 1.82) is 0 Å². The maximum absolute atomic E-state index is 13.8. The minimum absolute atomic E-state index is 0.293. The van der Waals surface area contributed by atoms with Crippen molar-refractivity contribution < 1.29 is 19.1 Å². The first-order valence-electron chi connectivity index (χ1n) is 12.1. The molecular formula is C29H35N3O4. The van der Waals surface area contributed by atoms with Gasteiger partial charge < -0.3 is 20.3 Å². The number of benzene rings is 3. The SMILES string of the molecule is Cc1ccccc1C(C(=O)Nc1ccc2ccccc2c1)N(C(=O)CNC(=O)OC(C)(C)C)C(C)C. The highest BCUT2D eigenvalue weighted by Crippen LogP contribution is 2.28. The van der Waals surface area contributed by atoms with E-state index in [4.69, 9.17) is 4.74 Å². The zero-order valence-electron chi connectivity index (χ0n) is 21.8. The minimum atomic E-state index is -0.898. The summed E-state index contributed by atoms with van der Waals surface area (Å²) >= 11 is 0. The molecule has 1 unspecified atom stereocenters. The van der Waals surface area contributed by atoms with Gasteiger partial charge in [0.2, 0.25) is 5.91 Å². The lowest BCUT2D eigenvalue weighted by molar-refractivity contribution is -0.140. The molecule has 0 bridgehead atoms. The van der Waals surface area contributed by atoms with E-state index < -0.39 is 23.6 Å². The molecule has 3 aromatic rings. The summed E-state index contributed by atoms with van der Waals surface area (Å²) in [6.07, 6.45) is -0.687. The summed E-state index contributed by atoms with van der Waals surface area (Å²) in [5.74, 6) is -0.725. The Hall–Kier alpha value is -3.87. The van der Waals surface area contributed by atoms with E-state index in [0.717, 1.165) is 21.9 Å². The van der Waals surface area contributed by atoms with Gasteiger partial charge in [0.25, 0.3) is 5.91 Å². The van der Waals surface area contributed by atoms with Crippen molar-refractivity contribution in [3.8, 4) is 0 Å². The van der Waals surface area contributed by atoms with Gasteiger partial charge in [0.15, 0.2) is 0 Å². The van der Waals surface area contributed by atoms with Crippen molar-refractivity contribution >= 4 is 34.4 Å². The Morgan fingerprint density at radius 3 is 2.19 bits per heavy atom. The number of aryl methyl sites for hydroxylation is 1. The standard InChI is InChI=1S/C29H35N3O4/c1-19(2)32(25(33)18-30-28(35)36-29(4,5)6)26(24-14-10-7-11-20(24)3)27(34)31-23-16-15-21-12-8-9-13-22(21)17-23/h7-17,19,26H,18H2,1-6H3,(H,30,35)(H,31,34). The summed E-state index contributed by atoms with van der Waals surface area (Å²) in [5, 5.41) is 7.59. The first-order chi connectivity index (χ1) is 17.0. The maximum atomic E-state index is 13.8. The van der Waals surface area contributed by atoms with Crippen LogP contribution in [0.15, 0.2) is 66.7 Å². The fraction of sp³-hybridized carbons (Fsp3) is 0.345. The summed E-state index contributed by atoms with van der Waals surface area (Å²) in [5.41, 5.74) is 1.55. The summed E-state index contributed by atoms with van der Waals surface area (Å²) in [7, 11) is 0. The Labute approximate surface area is 212 Å². The predicted octanol–water partition coefficient (Wildman–Crippen LogP) is 5.59. The number of anilines is 1. The third-order valence-electron chi connectivity index (χ3n) is 5.65. The molecule has 0 aromatic heterocycles. The monoisotopic (exact) mass is 489 g/mol. The van der Waals surface area contributed by atoms with E-state index in [1.165, 1.54) is 4.90 Å². The molecule has 36 heavy (non-hydrogen) atoms. The molecule has 0 heterocycles. The van der Waals surface area contributed by atoms with Crippen LogP contribution < -0.4 is 10.6 Å². The third kappa shape index (κ3) is 6.84. The highest BCUT2D eigenvalue weighted by Gasteiger charge is 2.34. The van der Waals surface area contributed by atoms with Crippen molar-refractivity contribution in [1.82, 2.24) is 10.2 Å². The van der Waals surface area contributed by atoms with Gasteiger partial charge in [-0.2, -0.15) is 0 Å². The molecule has 2 N–H and O–H groups in total. The predicted molar refractivity (Wildman–Crippen MR) is 143 cm³/mol. The topological polar surface area (TPSA) is 87.7 Å². The Bertz CT molecular complexity index is 1250. The zero-order chi connectivity index (χ0) is 26.5. The smallest absolute Gasteiger partial charge is 0.408 e. The van der Waals surface area contributed by atoms with E-state index in [-0.39, 0.29) is 18.5 Å². The van der Waals surface area contributed by atoms with Gasteiger partial charge >= 0.3 is 6.09 Å². The van der Waals surface area contributed by atoms with Crippen LogP contribution >= 0.6 is 0 Å². The van der Waals surface area contributed by atoms with E-state index in [0.29, 0.717) is 5.69 Å². The fourth-order valence-corrected chi connectivity index (χ4v) is 4.07. The fourth-order valence-electron chi connectivity index (χ4n) is 4.07. The first kappa shape index (κ1) is 26.7. The van der Waals surface area contributed by atoms with E-state index in [9.17, 15) is 14.4 Å². The van der Waals surface area contributed by atoms with Gasteiger partial charge in [-0.25, -0.2) is 4.79 Å². The molecule has 0 fully saturated rings. The molecule has 1 atom stereocenters. The molecule has 0 radical (unpaired) electrons. The van der Waals surface area contributed by atoms with Crippen molar-refractivity contribution in [2.45, 2.75) is 59.2 Å². The van der Waals surface area contributed by atoms with Crippen molar-refractivity contribution in [3.63, 3.8) is 0 Å². The Balaban J connectivity index is 1.91. The van der Waals surface area contributed by atoms with Gasteiger partial charge in [-0.3, -0.25) is 9.59 Å². The molecule has 0 saturated carbocycles. The van der Waals surface area contributed by atoms with Crippen molar-refractivity contribution in [2.24, 2.45) is 0 Å². The molecule has 7 heteroatoms. The molecule has 0 aliphatic heterocycles. The molecule has 190 valence electrons. The average Bonchev–Trinajstić information content (AvgIpc) is 2.80. The number of alkyl carbamates (subject to hydrolysis) is 1. The molecule has 0 spiro atoms. The largest absolute Gasteiger partial charge is 0.444 e. The lowest BCUT2D eigenvalue weighted by Crippen LogP contribution is -2.49. The van der Waals surface area contributed by atoms with E-state index >= 15 is 0 Å². The van der Waals surface area contributed by atoms with Gasteiger partial charge in [-0.1, -0.05) is 54.6 Å². The van der Waals surface area contributed by atoms with Crippen LogP contribution in [0.5, 0.6) is 0 Å². The van der Waals surface area contributed by atoms with E-state index in [1.807, 2.05) is 87.5 Å². The van der Waals surface area contributed by atoms with E-state index in [2.05, 4.69) is 10.6 Å². The number of nitrogens with one attached hydrogen (secondary N) is 2. The second kappa shape index (κ2) is 11.2. The second-order valence-electron chi connectivity index (χ2n) is 10.1. The van der Waals surface area contributed by atoms with Crippen LogP contribution in [0, 0.1) is 6.92 Å². The molecule has 0 saturated heterocycles. The van der Waals surface area contributed by atoms with Gasteiger partial charge in [0.1, 0.15) is 18.2 Å². The van der Waals surface area contributed by atoms with Crippen LogP contribution in [0.4, 0.5) is 10.5 Å². The summed E-state index contributed by atoms with van der Waals surface area (Å²) < 4.78 is 5.25. The van der Waals surface area contributed by atoms with Gasteiger partial charge in [0.05, 0.1) is 0 Å². The first-order valence-corrected chi connectivity index (χ1v) is 12.1. The number of carbonyl (C=O) groups is 3. The maximum Gasteiger partial charge on any atom is 0.408 e. The van der Waals surface area contributed by atoms with Crippen LogP contribution in [-0.2, 0) is 14.3 Å². The van der Waals surface area contributed by atoms with Gasteiger partial charge in [-0.15, -0.1) is 0 Å². The zero-order valence-corrected chi connectivity index (χ0v) is 21.8. The number of nitrogens with zero attached hydrogens (tertiary/aromatic N) is 1. The lowest BCUT2D eigenvalue weighted by Gasteiger charge is -2.35. The van der Waals surface area contributed by atoms with E-state index in [1.54, 1.807) is 20.8 Å². The molecule has 0 aliphatic carbocycles. The van der Waals surface area contributed by atoms with Crippen LogP contribution in [0.2, 0.25) is 0 Å². The molecule has 0 aliphatic rings. The highest BCUT2D eigenvalue weighted by molar-refractivity contribution is 6.00. The van der Waals surface area contributed by atoms with Crippen LogP contribution in [0.25, 0.3) is 10.8 Å². The molecule has 7 nitrogen and oxygen atoms in total. The Morgan fingerprint density at radius 1 is 0.917 bits per heavy atom. The normalized spacial score (nSPS) is 12.2. The van der Waals surface area contributed by atoms with Gasteiger partial charge in [-0.05, 0) is 75.6 Å². The molecule has 3 amide bonds. The van der Waals surface area contributed by atoms with Crippen LogP contribution in [0.3, 0.4) is 0 Å². The highest BCUT2D eigenvalue weighted by atomic mass is 16.6. The second-order valence-corrected chi connectivity index (χ2v) is 10.1. The van der Waals surface area contributed by atoms with Crippen LogP contribution in [-0.4, -0.2) is 41.0 Å². The lowest BCUT2D eigenvalue weighted by atomic mass is 9.97. The molecule has 3 rings (SSSR count). The number of fused-ring (bicyclic) bond motifs is 1. The molecular weight excluding hydrogens is 454 g/mol. The third-order valence-corrected chi connectivity index (χ3v) is 5.65.